The third-order valence-corrected chi connectivity index (χ3v) is 7.83. The van der Waals surface area contributed by atoms with Crippen LogP contribution in [0.1, 0.15) is 40.7 Å². The molecule has 0 amide bonds. The van der Waals surface area contributed by atoms with Gasteiger partial charge in [0.25, 0.3) is 0 Å². The maximum Gasteiger partial charge on any atom is 0.0991 e. The third kappa shape index (κ3) is 2.55. The van der Waals surface area contributed by atoms with E-state index in [1.165, 1.54) is 27.8 Å². The van der Waals surface area contributed by atoms with E-state index in [9.17, 15) is 10.5 Å². The zero-order valence-electron chi connectivity index (χ0n) is 19.6. The molecule has 1 aliphatic heterocycles. The molecule has 3 heteroatoms. The highest BCUT2D eigenvalue weighted by atomic mass is 15.2. The van der Waals surface area contributed by atoms with Crippen LogP contribution >= 0.6 is 0 Å². The van der Waals surface area contributed by atoms with E-state index in [1.807, 2.05) is 12.1 Å². The highest BCUT2D eigenvalue weighted by Crippen LogP contribution is 2.64. The first-order chi connectivity index (χ1) is 17.8. The van der Waals surface area contributed by atoms with Gasteiger partial charge in [0.2, 0.25) is 0 Å². The van der Waals surface area contributed by atoms with Crippen molar-refractivity contribution in [2.75, 3.05) is 4.90 Å². The highest BCUT2D eigenvalue weighted by Gasteiger charge is 2.52. The van der Waals surface area contributed by atoms with Gasteiger partial charge in [-0.25, -0.2) is 0 Å². The van der Waals surface area contributed by atoms with Crippen molar-refractivity contribution in [2.45, 2.75) is 18.3 Å². The maximum absolute atomic E-state index is 9.89. The van der Waals surface area contributed by atoms with E-state index in [0.717, 1.165) is 41.0 Å². The molecule has 0 bridgehead atoms. The van der Waals surface area contributed by atoms with Crippen LogP contribution in [0.4, 0.5) is 17.1 Å². The van der Waals surface area contributed by atoms with Crippen LogP contribution in [0, 0.1) is 22.7 Å². The second-order valence-corrected chi connectivity index (χ2v) is 9.50. The van der Waals surface area contributed by atoms with E-state index in [2.05, 4.69) is 108 Å². The van der Waals surface area contributed by atoms with Crippen molar-refractivity contribution in [1.29, 1.82) is 10.5 Å². The van der Waals surface area contributed by atoms with Gasteiger partial charge >= 0.3 is 0 Å². The third-order valence-electron chi connectivity index (χ3n) is 7.83. The second-order valence-electron chi connectivity index (χ2n) is 9.50. The highest BCUT2D eigenvalue weighted by molar-refractivity contribution is 5.97. The smallest absolute Gasteiger partial charge is 0.0991 e. The van der Waals surface area contributed by atoms with Gasteiger partial charge in [0.15, 0.2) is 0 Å². The van der Waals surface area contributed by atoms with Crippen molar-refractivity contribution in [3.63, 3.8) is 0 Å². The van der Waals surface area contributed by atoms with E-state index in [-0.39, 0.29) is 0 Å². The van der Waals surface area contributed by atoms with Gasteiger partial charge in [-0.2, -0.15) is 10.5 Å². The summed E-state index contributed by atoms with van der Waals surface area (Å²) in [5.74, 6) is 0. The fourth-order valence-electron chi connectivity index (χ4n) is 6.44. The summed E-state index contributed by atoms with van der Waals surface area (Å²) in [6.45, 7) is 0. The Balaban J connectivity index is 1.66. The Labute approximate surface area is 210 Å². The van der Waals surface area contributed by atoms with Crippen molar-refractivity contribution < 1.29 is 0 Å². The first kappa shape index (κ1) is 20.5. The van der Waals surface area contributed by atoms with Gasteiger partial charge < -0.3 is 4.90 Å². The second kappa shape index (κ2) is 7.57. The van der Waals surface area contributed by atoms with E-state index in [0.29, 0.717) is 5.56 Å². The van der Waals surface area contributed by atoms with Gasteiger partial charge in [0.1, 0.15) is 0 Å². The Morgan fingerprint density at radius 1 is 0.667 bits per heavy atom. The van der Waals surface area contributed by atoms with Crippen LogP contribution in [-0.4, -0.2) is 0 Å². The van der Waals surface area contributed by atoms with Crippen molar-refractivity contribution in [3.05, 3.63) is 142 Å². The number of allylic oxidation sites excluding steroid dienone is 4. The minimum atomic E-state index is -0.599. The molecule has 1 spiro atoms. The molecule has 0 saturated carbocycles. The molecule has 168 valence electrons. The Morgan fingerprint density at radius 2 is 1.33 bits per heavy atom. The summed E-state index contributed by atoms with van der Waals surface area (Å²) >= 11 is 0. The van der Waals surface area contributed by atoms with Crippen LogP contribution < -0.4 is 4.90 Å². The Kier molecular flexibility index (Phi) is 4.31. The predicted molar refractivity (Wildman–Crippen MR) is 142 cm³/mol. The lowest BCUT2D eigenvalue weighted by atomic mass is 9.63. The molecule has 2 aliphatic carbocycles. The quantitative estimate of drug-likeness (QED) is 0.293. The summed E-state index contributed by atoms with van der Waals surface area (Å²) in [4.78, 5) is 2.33. The molecule has 0 aromatic heterocycles. The van der Waals surface area contributed by atoms with Crippen LogP contribution in [0.2, 0.25) is 0 Å². The zero-order chi connectivity index (χ0) is 24.3. The maximum atomic E-state index is 9.89. The number of anilines is 3. The van der Waals surface area contributed by atoms with Crippen molar-refractivity contribution in [2.24, 2.45) is 0 Å². The number of hydrogen-bond acceptors (Lipinski definition) is 3. The molecule has 0 unspecified atom stereocenters. The molecule has 3 aliphatic rings. The van der Waals surface area contributed by atoms with Crippen LogP contribution in [0.3, 0.4) is 0 Å². The predicted octanol–water partition coefficient (Wildman–Crippen LogP) is 7.69. The Hall–Kier alpha value is -4.86. The van der Waals surface area contributed by atoms with E-state index < -0.39 is 5.41 Å². The number of nitriles is 2. The zero-order valence-corrected chi connectivity index (χ0v) is 19.6. The number of hydrogen-bond donors (Lipinski definition) is 0. The van der Waals surface area contributed by atoms with E-state index in [1.54, 1.807) is 0 Å². The summed E-state index contributed by atoms with van der Waals surface area (Å²) in [7, 11) is 0. The summed E-state index contributed by atoms with van der Waals surface area (Å²) in [6, 6.07) is 38.5. The molecule has 4 aromatic rings. The van der Waals surface area contributed by atoms with Gasteiger partial charge in [-0.05, 0) is 88.7 Å². The number of para-hydroxylation sites is 3. The number of rotatable bonds is 1. The first-order valence-electron chi connectivity index (χ1n) is 12.2. The minimum Gasteiger partial charge on any atom is -0.310 e. The number of benzene rings is 4. The van der Waals surface area contributed by atoms with Crippen LogP contribution in [-0.2, 0) is 5.41 Å². The lowest BCUT2D eigenvalue weighted by molar-refractivity contribution is 0.740. The van der Waals surface area contributed by atoms with Crippen LogP contribution in [0.25, 0.3) is 5.57 Å². The van der Waals surface area contributed by atoms with Gasteiger partial charge in [-0.1, -0.05) is 60.7 Å². The normalized spacial score (nSPS) is 16.3. The van der Waals surface area contributed by atoms with E-state index in [4.69, 9.17) is 0 Å². The minimum absolute atomic E-state index is 0.599. The molecule has 0 saturated heterocycles. The average molecular weight is 460 g/mol. The molecule has 36 heavy (non-hydrogen) atoms. The number of fused-ring (bicyclic) bond motifs is 8. The van der Waals surface area contributed by atoms with Crippen molar-refractivity contribution >= 4 is 22.6 Å². The standard InChI is InChI=1S/C33H21N3/c34-20-22-14-16-25-26-17-15-23(21-35)19-30(26)33(29(25)18-22)27-10-4-6-12-31(27)36(24-8-2-1-3-9-24)32-13-7-5-11-28(32)33/h1-14,16,18-19H,15,17H2. The van der Waals surface area contributed by atoms with Crippen LogP contribution in [0.5, 0.6) is 0 Å². The fourth-order valence-corrected chi connectivity index (χ4v) is 6.44. The lowest BCUT2D eigenvalue weighted by Crippen LogP contribution is -2.37. The molecule has 4 aromatic carbocycles. The number of nitrogens with zero attached hydrogens (tertiary/aromatic N) is 3. The molecule has 0 atom stereocenters. The SMILES string of the molecule is N#CC1=CC2=C(CC1)c1ccc(C#N)cc1C21c2ccccc2N(c2ccccc2)c2ccccc21. The summed E-state index contributed by atoms with van der Waals surface area (Å²) in [6.07, 6.45) is 3.68. The largest absolute Gasteiger partial charge is 0.310 e. The van der Waals surface area contributed by atoms with Gasteiger partial charge in [0, 0.05) is 11.3 Å². The molecule has 3 nitrogen and oxygen atoms in total. The molecule has 0 radical (unpaired) electrons. The Morgan fingerprint density at radius 3 is 2.00 bits per heavy atom. The lowest BCUT2D eigenvalue weighted by Gasteiger charge is -2.45. The van der Waals surface area contributed by atoms with Crippen molar-refractivity contribution in [1.82, 2.24) is 0 Å². The summed E-state index contributed by atoms with van der Waals surface area (Å²) < 4.78 is 0. The molecule has 0 N–H and O–H groups in total. The molecule has 0 fully saturated rings. The monoisotopic (exact) mass is 459 g/mol. The van der Waals surface area contributed by atoms with Gasteiger partial charge in [0.05, 0.1) is 34.5 Å². The van der Waals surface area contributed by atoms with Gasteiger partial charge in [-0.3, -0.25) is 0 Å². The Bertz CT molecular complexity index is 1660. The summed E-state index contributed by atoms with van der Waals surface area (Å²) in [5, 5.41) is 19.7. The van der Waals surface area contributed by atoms with Gasteiger partial charge in [-0.15, -0.1) is 0 Å². The van der Waals surface area contributed by atoms with Crippen molar-refractivity contribution in [3.8, 4) is 12.1 Å². The molecular formula is C33H21N3. The van der Waals surface area contributed by atoms with E-state index >= 15 is 0 Å². The molecule has 7 rings (SSSR count). The topological polar surface area (TPSA) is 50.8 Å². The summed E-state index contributed by atoms with van der Waals surface area (Å²) in [5.41, 5.74) is 11.3. The molecular weight excluding hydrogens is 438 g/mol. The average Bonchev–Trinajstić information content (AvgIpc) is 3.23. The van der Waals surface area contributed by atoms with Crippen LogP contribution in [0.15, 0.2) is 114 Å². The first-order valence-corrected chi connectivity index (χ1v) is 12.2. The fraction of sp³-hybridized carbons (Fsp3) is 0.0909. The molecule has 1 heterocycles.